The summed E-state index contributed by atoms with van der Waals surface area (Å²) in [5.41, 5.74) is 1.38. The molecule has 0 unspecified atom stereocenters. The van der Waals surface area contributed by atoms with Crippen molar-refractivity contribution in [1.82, 2.24) is 15.1 Å². The maximum Gasteiger partial charge on any atom is 0.338 e. The molecule has 2 aliphatic heterocycles. The van der Waals surface area contributed by atoms with Gasteiger partial charge in [-0.25, -0.2) is 9.18 Å². The number of rotatable bonds is 8. The summed E-state index contributed by atoms with van der Waals surface area (Å²) in [7, 11) is 0. The highest BCUT2D eigenvalue weighted by Crippen LogP contribution is 2.20. The standard InChI is InChI=1S/C27H32FN5O5/c1-2-38-27(37)19-7-9-20(10-8-19)30-24(34)17-23-26(36)29-11-12-33(23)25(35)18-31-13-15-32(16-14-31)22-6-4-3-5-21(22)28/h3-10,23H,2,11-18H2,1H3,(H,29,36)(H,30,34)/t23-/m1/s1. The Balaban J connectivity index is 1.31. The lowest BCUT2D eigenvalue weighted by molar-refractivity contribution is -0.145. The normalized spacial score (nSPS) is 18.1. The monoisotopic (exact) mass is 525 g/mol. The van der Waals surface area contributed by atoms with Gasteiger partial charge in [-0.1, -0.05) is 12.1 Å². The van der Waals surface area contributed by atoms with Gasteiger partial charge < -0.3 is 25.2 Å². The second-order valence-corrected chi connectivity index (χ2v) is 9.16. The molecular weight excluding hydrogens is 493 g/mol. The van der Waals surface area contributed by atoms with Gasteiger partial charge in [0.25, 0.3) is 0 Å². The molecule has 0 radical (unpaired) electrons. The van der Waals surface area contributed by atoms with Crippen LogP contribution in [0.15, 0.2) is 48.5 Å². The molecule has 2 aromatic carbocycles. The van der Waals surface area contributed by atoms with E-state index in [1.54, 1.807) is 49.4 Å². The second kappa shape index (κ2) is 12.5. The highest BCUT2D eigenvalue weighted by molar-refractivity contribution is 5.98. The number of hydrogen-bond donors (Lipinski definition) is 2. The van der Waals surface area contributed by atoms with Crippen LogP contribution in [0.4, 0.5) is 15.8 Å². The van der Waals surface area contributed by atoms with Gasteiger partial charge in [0.2, 0.25) is 17.7 Å². The zero-order chi connectivity index (χ0) is 27.1. The first kappa shape index (κ1) is 27.1. The van der Waals surface area contributed by atoms with Crippen LogP contribution in [0.1, 0.15) is 23.7 Å². The fourth-order valence-electron chi connectivity index (χ4n) is 4.65. The highest BCUT2D eigenvalue weighted by atomic mass is 19.1. The molecule has 1 atom stereocenters. The van der Waals surface area contributed by atoms with Crippen LogP contribution in [0.5, 0.6) is 0 Å². The number of nitrogens with one attached hydrogen (secondary N) is 2. The molecule has 2 saturated heterocycles. The Morgan fingerprint density at radius 1 is 1.03 bits per heavy atom. The molecule has 0 aliphatic carbocycles. The second-order valence-electron chi connectivity index (χ2n) is 9.16. The van der Waals surface area contributed by atoms with Crippen molar-refractivity contribution in [1.29, 1.82) is 0 Å². The SMILES string of the molecule is CCOC(=O)c1ccc(NC(=O)C[C@@H]2C(=O)NCCN2C(=O)CN2CCN(c3ccccc3F)CC2)cc1. The topological polar surface area (TPSA) is 111 Å². The van der Waals surface area contributed by atoms with Crippen LogP contribution in [-0.4, -0.2) is 92.0 Å². The number of esters is 1. The lowest BCUT2D eigenvalue weighted by atomic mass is 10.1. The number of amides is 3. The van der Waals surface area contributed by atoms with Crippen LogP contribution in [0.3, 0.4) is 0 Å². The number of anilines is 2. The molecule has 11 heteroatoms. The Labute approximate surface area is 220 Å². The van der Waals surface area contributed by atoms with Gasteiger partial charge in [-0.2, -0.15) is 0 Å². The summed E-state index contributed by atoms with van der Waals surface area (Å²) >= 11 is 0. The van der Waals surface area contributed by atoms with Crippen LogP contribution < -0.4 is 15.5 Å². The van der Waals surface area contributed by atoms with Crippen molar-refractivity contribution < 1.29 is 28.3 Å². The molecule has 2 aromatic rings. The average Bonchev–Trinajstić information content (AvgIpc) is 2.91. The molecule has 4 rings (SSSR count). The van der Waals surface area contributed by atoms with Crippen molar-refractivity contribution in [2.45, 2.75) is 19.4 Å². The van der Waals surface area contributed by atoms with Gasteiger partial charge in [-0.3, -0.25) is 19.3 Å². The number of ether oxygens (including phenoxy) is 1. The molecule has 0 bridgehead atoms. The number of carbonyl (C=O) groups excluding carboxylic acids is 4. The van der Waals surface area contributed by atoms with E-state index in [4.69, 9.17) is 4.74 Å². The molecule has 2 fully saturated rings. The van der Waals surface area contributed by atoms with E-state index in [1.807, 2.05) is 9.80 Å². The summed E-state index contributed by atoms with van der Waals surface area (Å²) in [6.45, 7) is 5.04. The molecule has 0 spiro atoms. The molecule has 202 valence electrons. The molecule has 2 N–H and O–H groups in total. The van der Waals surface area contributed by atoms with E-state index in [-0.39, 0.29) is 37.2 Å². The molecular formula is C27H32FN5O5. The summed E-state index contributed by atoms with van der Waals surface area (Å²) in [5.74, 6) is -1.75. The molecule has 3 amide bonds. The Morgan fingerprint density at radius 3 is 2.42 bits per heavy atom. The number of halogens is 1. The maximum absolute atomic E-state index is 14.1. The molecule has 10 nitrogen and oxygen atoms in total. The van der Waals surface area contributed by atoms with E-state index in [0.717, 1.165) is 0 Å². The van der Waals surface area contributed by atoms with E-state index in [1.165, 1.54) is 11.0 Å². The fraction of sp³-hybridized carbons (Fsp3) is 0.407. The minimum Gasteiger partial charge on any atom is -0.462 e. The van der Waals surface area contributed by atoms with E-state index in [0.29, 0.717) is 56.2 Å². The largest absolute Gasteiger partial charge is 0.462 e. The van der Waals surface area contributed by atoms with E-state index in [9.17, 15) is 23.6 Å². The maximum atomic E-state index is 14.1. The van der Waals surface area contributed by atoms with E-state index >= 15 is 0 Å². The third kappa shape index (κ3) is 6.65. The minimum absolute atomic E-state index is 0.117. The van der Waals surface area contributed by atoms with Gasteiger partial charge in [0.1, 0.15) is 11.9 Å². The van der Waals surface area contributed by atoms with Crippen molar-refractivity contribution in [3.05, 3.63) is 59.9 Å². The molecule has 2 aliphatic rings. The minimum atomic E-state index is -0.922. The smallest absolute Gasteiger partial charge is 0.338 e. The molecule has 0 aromatic heterocycles. The first-order valence-corrected chi connectivity index (χ1v) is 12.7. The Hall–Kier alpha value is -3.99. The lowest BCUT2D eigenvalue weighted by Gasteiger charge is -2.39. The van der Waals surface area contributed by atoms with Crippen molar-refractivity contribution in [2.24, 2.45) is 0 Å². The van der Waals surface area contributed by atoms with Gasteiger partial charge in [0.15, 0.2) is 0 Å². The fourth-order valence-corrected chi connectivity index (χ4v) is 4.65. The number of para-hydroxylation sites is 1. The highest BCUT2D eigenvalue weighted by Gasteiger charge is 2.35. The Kier molecular flexibility index (Phi) is 8.90. The van der Waals surface area contributed by atoms with Crippen LogP contribution in [0.25, 0.3) is 0 Å². The Bertz CT molecular complexity index is 1170. The molecule has 38 heavy (non-hydrogen) atoms. The summed E-state index contributed by atoms with van der Waals surface area (Å²) in [6.07, 6.45) is -0.196. The van der Waals surface area contributed by atoms with Crippen LogP contribution in [0, 0.1) is 5.82 Å². The average molecular weight is 526 g/mol. The van der Waals surface area contributed by atoms with Crippen molar-refractivity contribution in [3.8, 4) is 0 Å². The summed E-state index contributed by atoms with van der Waals surface area (Å²) < 4.78 is 19.1. The third-order valence-corrected chi connectivity index (χ3v) is 6.63. The van der Waals surface area contributed by atoms with Crippen molar-refractivity contribution in [2.75, 3.05) is 62.6 Å². The zero-order valence-corrected chi connectivity index (χ0v) is 21.3. The van der Waals surface area contributed by atoms with Crippen molar-refractivity contribution >= 4 is 35.1 Å². The van der Waals surface area contributed by atoms with E-state index < -0.39 is 17.9 Å². The molecule has 2 heterocycles. The van der Waals surface area contributed by atoms with Gasteiger partial charge >= 0.3 is 5.97 Å². The summed E-state index contributed by atoms with van der Waals surface area (Å²) in [4.78, 5) is 55.7. The third-order valence-electron chi connectivity index (χ3n) is 6.63. The predicted octanol–water partition coefficient (Wildman–Crippen LogP) is 1.48. The number of benzene rings is 2. The number of nitrogens with zero attached hydrogens (tertiary/aromatic N) is 3. The van der Waals surface area contributed by atoms with Crippen LogP contribution >= 0.6 is 0 Å². The first-order valence-electron chi connectivity index (χ1n) is 12.7. The number of hydrogen-bond acceptors (Lipinski definition) is 7. The van der Waals surface area contributed by atoms with E-state index in [2.05, 4.69) is 10.6 Å². The van der Waals surface area contributed by atoms with Crippen LogP contribution in [-0.2, 0) is 19.1 Å². The summed E-state index contributed by atoms with van der Waals surface area (Å²) in [6, 6.07) is 11.9. The van der Waals surface area contributed by atoms with Crippen LogP contribution in [0.2, 0.25) is 0 Å². The Morgan fingerprint density at radius 2 is 1.74 bits per heavy atom. The molecule has 0 saturated carbocycles. The van der Waals surface area contributed by atoms with Gasteiger partial charge in [0, 0.05) is 45.0 Å². The lowest BCUT2D eigenvalue weighted by Crippen LogP contribution is -2.60. The van der Waals surface area contributed by atoms with Gasteiger partial charge in [0.05, 0.1) is 30.8 Å². The van der Waals surface area contributed by atoms with Crippen molar-refractivity contribution in [3.63, 3.8) is 0 Å². The van der Waals surface area contributed by atoms with Gasteiger partial charge in [-0.15, -0.1) is 0 Å². The number of piperazine rings is 2. The number of carbonyl (C=O) groups is 4. The van der Waals surface area contributed by atoms with Gasteiger partial charge in [-0.05, 0) is 43.3 Å². The predicted molar refractivity (Wildman–Crippen MR) is 139 cm³/mol. The zero-order valence-electron chi connectivity index (χ0n) is 21.3. The summed E-state index contributed by atoms with van der Waals surface area (Å²) in [5, 5.41) is 5.45. The first-order chi connectivity index (χ1) is 18.4. The quantitative estimate of drug-likeness (QED) is 0.503.